The number of amides is 1. The molecule has 3 rings (SSSR count). The Hall–Kier alpha value is -2.30. The van der Waals surface area contributed by atoms with Crippen molar-refractivity contribution in [3.05, 3.63) is 47.3 Å². The molecule has 0 fully saturated rings. The smallest absolute Gasteiger partial charge is 0.251 e. The van der Waals surface area contributed by atoms with Gasteiger partial charge in [0.1, 0.15) is 0 Å². The maximum absolute atomic E-state index is 12.2. The summed E-state index contributed by atoms with van der Waals surface area (Å²) in [4.78, 5) is 12.2. The molecule has 1 aliphatic heterocycles. The largest absolute Gasteiger partial charge is 0.385 e. The monoisotopic (exact) mass is 256 g/mol. The van der Waals surface area contributed by atoms with E-state index >= 15 is 0 Å². The van der Waals surface area contributed by atoms with E-state index in [4.69, 9.17) is 0 Å². The van der Waals surface area contributed by atoms with E-state index < -0.39 is 0 Å². The van der Waals surface area contributed by atoms with Gasteiger partial charge in [0, 0.05) is 36.1 Å². The van der Waals surface area contributed by atoms with Crippen LogP contribution in [-0.4, -0.2) is 22.6 Å². The van der Waals surface area contributed by atoms with Gasteiger partial charge in [-0.05, 0) is 30.5 Å². The first-order valence-electron chi connectivity index (χ1n) is 6.46. The van der Waals surface area contributed by atoms with Crippen molar-refractivity contribution in [2.75, 3.05) is 11.9 Å². The molecular formula is C14H16N4O. The number of anilines is 1. The molecule has 98 valence electrons. The van der Waals surface area contributed by atoms with Gasteiger partial charge in [0.25, 0.3) is 5.91 Å². The molecule has 2 heterocycles. The van der Waals surface area contributed by atoms with Gasteiger partial charge in [0.05, 0.1) is 6.20 Å². The second-order valence-corrected chi connectivity index (χ2v) is 4.65. The SMILES string of the molecule is O=C(NCc1cn[nH]c1)c1cccc2c1CCCN2. The van der Waals surface area contributed by atoms with Gasteiger partial charge in [-0.3, -0.25) is 9.89 Å². The number of nitrogens with zero attached hydrogens (tertiary/aromatic N) is 1. The maximum Gasteiger partial charge on any atom is 0.251 e. The van der Waals surface area contributed by atoms with Gasteiger partial charge in [-0.1, -0.05) is 6.07 Å². The van der Waals surface area contributed by atoms with Crippen LogP contribution in [0.4, 0.5) is 5.69 Å². The molecule has 0 unspecified atom stereocenters. The highest BCUT2D eigenvalue weighted by atomic mass is 16.1. The van der Waals surface area contributed by atoms with Crippen LogP contribution in [0.15, 0.2) is 30.6 Å². The van der Waals surface area contributed by atoms with Crippen LogP contribution in [0.2, 0.25) is 0 Å². The number of aromatic amines is 1. The van der Waals surface area contributed by atoms with E-state index in [9.17, 15) is 4.79 Å². The van der Waals surface area contributed by atoms with Gasteiger partial charge in [-0.15, -0.1) is 0 Å². The summed E-state index contributed by atoms with van der Waals surface area (Å²) >= 11 is 0. The average molecular weight is 256 g/mol. The predicted molar refractivity (Wildman–Crippen MR) is 73.0 cm³/mol. The number of hydrogen-bond acceptors (Lipinski definition) is 3. The lowest BCUT2D eigenvalue weighted by Crippen LogP contribution is -2.25. The molecule has 5 heteroatoms. The lowest BCUT2D eigenvalue weighted by atomic mass is 9.97. The molecule has 3 N–H and O–H groups in total. The average Bonchev–Trinajstić information content (AvgIpc) is 2.97. The molecule has 0 saturated carbocycles. The number of carbonyl (C=O) groups excluding carboxylic acids is 1. The second-order valence-electron chi connectivity index (χ2n) is 4.65. The Morgan fingerprint density at radius 3 is 3.21 bits per heavy atom. The quantitative estimate of drug-likeness (QED) is 0.782. The first-order valence-corrected chi connectivity index (χ1v) is 6.46. The van der Waals surface area contributed by atoms with Crippen molar-refractivity contribution in [2.24, 2.45) is 0 Å². The van der Waals surface area contributed by atoms with Gasteiger partial charge in [-0.2, -0.15) is 5.10 Å². The van der Waals surface area contributed by atoms with Gasteiger partial charge >= 0.3 is 0 Å². The van der Waals surface area contributed by atoms with E-state index in [1.807, 2.05) is 18.2 Å². The summed E-state index contributed by atoms with van der Waals surface area (Å²) in [5, 5.41) is 12.8. The predicted octanol–water partition coefficient (Wildman–Crippen LogP) is 1.70. The normalized spacial score (nSPS) is 13.5. The number of hydrogen-bond donors (Lipinski definition) is 3. The number of benzene rings is 1. The summed E-state index contributed by atoms with van der Waals surface area (Å²) in [5.74, 6) is -0.0262. The van der Waals surface area contributed by atoms with Crippen molar-refractivity contribution >= 4 is 11.6 Å². The van der Waals surface area contributed by atoms with Crippen LogP contribution in [0.5, 0.6) is 0 Å². The molecule has 0 spiro atoms. The van der Waals surface area contributed by atoms with Crippen LogP contribution in [0.25, 0.3) is 0 Å². The minimum Gasteiger partial charge on any atom is -0.385 e. The van der Waals surface area contributed by atoms with Crippen LogP contribution in [0.1, 0.15) is 27.9 Å². The molecule has 0 radical (unpaired) electrons. The molecular weight excluding hydrogens is 240 g/mol. The Kier molecular flexibility index (Phi) is 3.18. The van der Waals surface area contributed by atoms with Crippen molar-refractivity contribution in [1.29, 1.82) is 0 Å². The minimum absolute atomic E-state index is 0.0262. The fourth-order valence-electron chi connectivity index (χ4n) is 2.37. The first-order chi connectivity index (χ1) is 9.34. The molecule has 1 aromatic heterocycles. The second kappa shape index (κ2) is 5.14. The van der Waals surface area contributed by atoms with Crippen LogP contribution in [0.3, 0.4) is 0 Å². The van der Waals surface area contributed by atoms with Crippen molar-refractivity contribution in [3.63, 3.8) is 0 Å². The van der Waals surface area contributed by atoms with Crippen LogP contribution in [0, 0.1) is 0 Å². The fraction of sp³-hybridized carbons (Fsp3) is 0.286. The van der Waals surface area contributed by atoms with Gasteiger partial charge < -0.3 is 10.6 Å². The Bertz CT molecular complexity index is 577. The summed E-state index contributed by atoms with van der Waals surface area (Å²) in [7, 11) is 0. The molecule has 0 aliphatic carbocycles. The number of aromatic nitrogens is 2. The Labute approximate surface area is 111 Å². The Morgan fingerprint density at radius 2 is 2.37 bits per heavy atom. The Morgan fingerprint density at radius 1 is 1.42 bits per heavy atom. The highest BCUT2D eigenvalue weighted by molar-refractivity contribution is 5.97. The zero-order chi connectivity index (χ0) is 13.1. The molecule has 5 nitrogen and oxygen atoms in total. The molecule has 1 amide bonds. The highest BCUT2D eigenvalue weighted by Gasteiger charge is 2.16. The maximum atomic E-state index is 12.2. The van der Waals surface area contributed by atoms with E-state index in [1.54, 1.807) is 12.4 Å². The number of fused-ring (bicyclic) bond motifs is 1. The van der Waals surface area contributed by atoms with Crippen molar-refractivity contribution in [3.8, 4) is 0 Å². The molecule has 2 aromatic rings. The highest BCUT2D eigenvalue weighted by Crippen LogP contribution is 2.25. The molecule has 0 saturated heterocycles. The zero-order valence-corrected chi connectivity index (χ0v) is 10.6. The molecule has 0 bridgehead atoms. The first kappa shape index (κ1) is 11.8. The molecule has 1 aliphatic rings. The summed E-state index contributed by atoms with van der Waals surface area (Å²) in [6, 6.07) is 5.84. The third-order valence-electron chi connectivity index (χ3n) is 3.35. The standard InChI is InChI=1S/C14H16N4O/c19-14(16-7-10-8-17-18-9-10)12-3-1-5-13-11(12)4-2-6-15-13/h1,3,5,8-9,15H,2,4,6-7H2,(H,16,19)(H,17,18). The van der Waals surface area contributed by atoms with Gasteiger partial charge in [0.15, 0.2) is 0 Å². The number of rotatable bonds is 3. The summed E-state index contributed by atoms with van der Waals surface area (Å²) < 4.78 is 0. The summed E-state index contributed by atoms with van der Waals surface area (Å²) in [5.41, 5.74) is 3.95. The molecule has 1 aromatic carbocycles. The Balaban J connectivity index is 1.76. The van der Waals surface area contributed by atoms with E-state index in [0.29, 0.717) is 6.54 Å². The van der Waals surface area contributed by atoms with Crippen LogP contribution >= 0.6 is 0 Å². The van der Waals surface area contributed by atoms with Crippen molar-refractivity contribution in [1.82, 2.24) is 15.5 Å². The summed E-state index contributed by atoms with van der Waals surface area (Å²) in [6.07, 6.45) is 5.52. The van der Waals surface area contributed by atoms with E-state index in [0.717, 1.165) is 41.8 Å². The molecule has 0 atom stereocenters. The fourth-order valence-corrected chi connectivity index (χ4v) is 2.37. The lowest BCUT2D eigenvalue weighted by molar-refractivity contribution is 0.0950. The number of nitrogens with one attached hydrogen (secondary N) is 3. The van der Waals surface area contributed by atoms with Crippen LogP contribution in [-0.2, 0) is 13.0 Å². The zero-order valence-electron chi connectivity index (χ0n) is 10.6. The van der Waals surface area contributed by atoms with Crippen molar-refractivity contribution in [2.45, 2.75) is 19.4 Å². The lowest BCUT2D eigenvalue weighted by Gasteiger charge is -2.20. The van der Waals surface area contributed by atoms with E-state index in [-0.39, 0.29) is 5.91 Å². The number of carbonyl (C=O) groups is 1. The third kappa shape index (κ3) is 2.45. The van der Waals surface area contributed by atoms with E-state index in [1.165, 1.54) is 0 Å². The van der Waals surface area contributed by atoms with Crippen LogP contribution < -0.4 is 10.6 Å². The number of H-pyrrole nitrogens is 1. The third-order valence-corrected chi connectivity index (χ3v) is 3.35. The van der Waals surface area contributed by atoms with E-state index in [2.05, 4.69) is 20.8 Å². The minimum atomic E-state index is -0.0262. The molecule has 19 heavy (non-hydrogen) atoms. The van der Waals surface area contributed by atoms with Gasteiger partial charge in [0.2, 0.25) is 0 Å². The topological polar surface area (TPSA) is 69.8 Å². The summed E-state index contributed by atoms with van der Waals surface area (Å²) in [6.45, 7) is 1.47. The van der Waals surface area contributed by atoms with Gasteiger partial charge in [-0.25, -0.2) is 0 Å². The van der Waals surface area contributed by atoms with Crippen molar-refractivity contribution < 1.29 is 4.79 Å².